The van der Waals surface area contributed by atoms with E-state index in [9.17, 15) is 4.79 Å². The maximum absolute atomic E-state index is 12.2. The van der Waals surface area contributed by atoms with Gasteiger partial charge in [-0.2, -0.15) is 0 Å². The minimum absolute atomic E-state index is 0.0156. The molecule has 0 atom stereocenters. The maximum Gasteiger partial charge on any atom is 0.214 e. The normalized spacial score (nSPS) is 10.8. The molecule has 0 unspecified atom stereocenters. The quantitative estimate of drug-likeness (QED) is 0.700. The van der Waals surface area contributed by atoms with Crippen LogP contribution in [-0.2, 0) is 0 Å². The van der Waals surface area contributed by atoms with E-state index in [4.69, 9.17) is 11.6 Å². The van der Waals surface area contributed by atoms with Crippen LogP contribution in [0.4, 0.5) is 0 Å². The molecule has 2 aromatic heterocycles. The van der Waals surface area contributed by atoms with Crippen molar-refractivity contribution in [2.24, 2.45) is 0 Å². The Bertz CT molecular complexity index is 537. The van der Waals surface area contributed by atoms with E-state index in [1.54, 1.807) is 0 Å². The van der Waals surface area contributed by atoms with Gasteiger partial charge in [0.25, 0.3) is 0 Å². The van der Waals surface area contributed by atoms with Gasteiger partial charge < -0.3 is 0 Å². The fourth-order valence-corrected chi connectivity index (χ4v) is 4.05. The first-order chi connectivity index (χ1) is 7.50. The third-order valence-corrected chi connectivity index (χ3v) is 6.02. The van der Waals surface area contributed by atoms with E-state index >= 15 is 0 Å². The number of ketones is 1. The Hall–Kier alpha value is -0.160. The molecular weight excluding hydrogens is 328 g/mol. The standard InChI is InChI=1S/C11H8BrClOS2/c1-5-3-7(16-11(5)12)9(14)10-8(13)6(2)4-15-10/h3-4H,1-2H3. The van der Waals surface area contributed by atoms with Crippen LogP contribution in [0.5, 0.6) is 0 Å². The summed E-state index contributed by atoms with van der Waals surface area (Å²) in [5.74, 6) is 0.0156. The summed E-state index contributed by atoms with van der Waals surface area (Å²) in [4.78, 5) is 13.5. The molecule has 5 heteroatoms. The number of hydrogen-bond donors (Lipinski definition) is 0. The molecule has 0 N–H and O–H groups in total. The Kier molecular flexibility index (Phi) is 3.54. The molecule has 1 nitrogen and oxygen atoms in total. The van der Waals surface area contributed by atoms with Crippen LogP contribution in [0.3, 0.4) is 0 Å². The molecule has 16 heavy (non-hydrogen) atoms. The second-order valence-electron chi connectivity index (χ2n) is 3.46. The van der Waals surface area contributed by atoms with E-state index in [1.807, 2.05) is 25.3 Å². The molecule has 0 bridgehead atoms. The summed E-state index contributed by atoms with van der Waals surface area (Å²) in [6.45, 7) is 3.88. The molecule has 84 valence electrons. The molecule has 0 aliphatic rings. The summed E-state index contributed by atoms with van der Waals surface area (Å²) >= 11 is 12.4. The van der Waals surface area contributed by atoms with Crippen LogP contribution in [0.15, 0.2) is 15.2 Å². The summed E-state index contributed by atoms with van der Waals surface area (Å²) in [5, 5.41) is 2.49. The van der Waals surface area contributed by atoms with Crippen molar-refractivity contribution in [1.82, 2.24) is 0 Å². The third-order valence-electron chi connectivity index (χ3n) is 2.19. The van der Waals surface area contributed by atoms with Crippen molar-refractivity contribution in [1.29, 1.82) is 0 Å². The van der Waals surface area contributed by atoms with Crippen LogP contribution in [0.2, 0.25) is 5.02 Å². The Balaban J connectivity index is 2.43. The van der Waals surface area contributed by atoms with Crippen LogP contribution in [0, 0.1) is 13.8 Å². The molecule has 0 radical (unpaired) electrons. The smallest absolute Gasteiger partial charge is 0.214 e. The van der Waals surface area contributed by atoms with Gasteiger partial charge in [-0.15, -0.1) is 22.7 Å². The molecule has 0 spiro atoms. The van der Waals surface area contributed by atoms with Gasteiger partial charge in [-0.25, -0.2) is 0 Å². The predicted molar refractivity (Wildman–Crippen MR) is 74.3 cm³/mol. The highest BCUT2D eigenvalue weighted by molar-refractivity contribution is 9.11. The van der Waals surface area contributed by atoms with Crippen molar-refractivity contribution in [3.8, 4) is 0 Å². The fourth-order valence-electron chi connectivity index (χ4n) is 1.27. The van der Waals surface area contributed by atoms with E-state index in [0.29, 0.717) is 9.90 Å². The molecule has 2 rings (SSSR count). The molecule has 0 amide bonds. The Morgan fingerprint density at radius 2 is 2.06 bits per heavy atom. The van der Waals surface area contributed by atoms with Crippen molar-refractivity contribution < 1.29 is 4.79 Å². The molecular formula is C11H8BrClOS2. The van der Waals surface area contributed by atoms with Crippen molar-refractivity contribution in [2.45, 2.75) is 13.8 Å². The average Bonchev–Trinajstić information content (AvgIpc) is 2.73. The monoisotopic (exact) mass is 334 g/mol. The lowest BCUT2D eigenvalue weighted by atomic mass is 10.2. The summed E-state index contributed by atoms with van der Waals surface area (Å²) in [6, 6.07) is 1.89. The van der Waals surface area contributed by atoms with Gasteiger partial charge >= 0.3 is 0 Å². The van der Waals surface area contributed by atoms with Crippen LogP contribution in [0.1, 0.15) is 25.7 Å². The lowest BCUT2D eigenvalue weighted by Crippen LogP contribution is -1.95. The zero-order chi connectivity index (χ0) is 11.9. The lowest BCUT2D eigenvalue weighted by Gasteiger charge is -1.94. The number of halogens is 2. The second kappa shape index (κ2) is 4.61. The highest BCUT2D eigenvalue weighted by atomic mass is 79.9. The van der Waals surface area contributed by atoms with Crippen LogP contribution < -0.4 is 0 Å². The molecule has 2 aromatic rings. The van der Waals surface area contributed by atoms with Gasteiger partial charge in [0.2, 0.25) is 5.78 Å². The van der Waals surface area contributed by atoms with Gasteiger partial charge in [0.15, 0.2) is 0 Å². The average molecular weight is 336 g/mol. The van der Waals surface area contributed by atoms with Crippen molar-refractivity contribution in [3.05, 3.63) is 41.1 Å². The molecule has 0 aliphatic heterocycles. The molecule has 0 aliphatic carbocycles. The molecule has 0 saturated carbocycles. The molecule has 2 heterocycles. The lowest BCUT2D eigenvalue weighted by molar-refractivity contribution is 0.104. The highest BCUT2D eigenvalue weighted by Crippen LogP contribution is 2.33. The first kappa shape index (κ1) is 12.3. The van der Waals surface area contributed by atoms with Gasteiger partial charge in [0.1, 0.15) is 0 Å². The Labute approximate surface area is 115 Å². The largest absolute Gasteiger partial charge is 0.287 e. The molecule has 0 saturated heterocycles. The van der Waals surface area contributed by atoms with E-state index in [2.05, 4.69) is 15.9 Å². The second-order valence-corrected chi connectivity index (χ2v) is 7.09. The van der Waals surface area contributed by atoms with Gasteiger partial charge in [-0.05, 0) is 52.4 Å². The zero-order valence-electron chi connectivity index (χ0n) is 8.64. The van der Waals surface area contributed by atoms with Crippen molar-refractivity contribution in [3.63, 3.8) is 0 Å². The van der Waals surface area contributed by atoms with Crippen LogP contribution in [0.25, 0.3) is 0 Å². The number of rotatable bonds is 2. The Morgan fingerprint density at radius 1 is 1.38 bits per heavy atom. The van der Waals surface area contributed by atoms with Crippen molar-refractivity contribution in [2.75, 3.05) is 0 Å². The molecule has 0 fully saturated rings. The summed E-state index contributed by atoms with van der Waals surface area (Å²) in [6.07, 6.45) is 0. The first-order valence-electron chi connectivity index (χ1n) is 4.55. The van der Waals surface area contributed by atoms with E-state index in [-0.39, 0.29) is 5.78 Å². The maximum atomic E-state index is 12.2. The predicted octanol–water partition coefficient (Wildman–Crippen LogP) is 5.07. The van der Waals surface area contributed by atoms with Gasteiger partial charge in [0.05, 0.1) is 18.6 Å². The van der Waals surface area contributed by atoms with Gasteiger partial charge in [-0.1, -0.05) is 11.6 Å². The summed E-state index contributed by atoms with van der Waals surface area (Å²) < 4.78 is 1.00. The SMILES string of the molecule is Cc1cc(C(=O)c2scc(C)c2Cl)sc1Br. The van der Waals surface area contributed by atoms with Crippen LogP contribution >= 0.6 is 50.2 Å². The van der Waals surface area contributed by atoms with Crippen LogP contribution in [-0.4, -0.2) is 5.78 Å². The number of carbonyl (C=O) groups is 1. The van der Waals surface area contributed by atoms with E-state index in [1.165, 1.54) is 22.7 Å². The first-order valence-corrected chi connectivity index (χ1v) is 7.41. The topological polar surface area (TPSA) is 17.1 Å². The fraction of sp³-hybridized carbons (Fsp3) is 0.182. The minimum atomic E-state index is 0.0156. The third kappa shape index (κ3) is 2.12. The van der Waals surface area contributed by atoms with E-state index in [0.717, 1.165) is 19.8 Å². The minimum Gasteiger partial charge on any atom is -0.287 e. The number of thiophene rings is 2. The number of carbonyl (C=O) groups excluding carboxylic acids is 1. The summed E-state index contributed by atoms with van der Waals surface area (Å²) in [7, 11) is 0. The van der Waals surface area contributed by atoms with E-state index < -0.39 is 0 Å². The number of aryl methyl sites for hydroxylation is 2. The summed E-state index contributed by atoms with van der Waals surface area (Å²) in [5.41, 5.74) is 2.04. The highest BCUT2D eigenvalue weighted by Gasteiger charge is 2.19. The molecule has 0 aromatic carbocycles. The zero-order valence-corrected chi connectivity index (χ0v) is 12.6. The van der Waals surface area contributed by atoms with Gasteiger partial charge in [0, 0.05) is 0 Å². The van der Waals surface area contributed by atoms with Gasteiger partial charge in [-0.3, -0.25) is 4.79 Å². The Morgan fingerprint density at radius 3 is 2.50 bits per heavy atom. The number of hydrogen-bond acceptors (Lipinski definition) is 3. The van der Waals surface area contributed by atoms with Crippen molar-refractivity contribution >= 4 is 56.0 Å².